The number of ether oxygens (including phenoxy) is 2. The van der Waals surface area contributed by atoms with E-state index in [1.54, 1.807) is 17.4 Å². The molecule has 2 aromatic heterocycles. The van der Waals surface area contributed by atoms with Crippen LogP contribution < -0.4 is 10.1 Å². The van der Waals surface area contributed by atoms with Crippen molar-refractivity contribution >= 4 is 26.7 Å². The van der Waals surface area contributed by atoms with Crippen molar-refractivity contribution in [2.75, 3.05) is 44.8 Å². The van der Waals surface area contributed by atoms with Crippen molar-refractivity contribution in [1.29, 1.82) is 0 Å². The van der Waals surface area contributed by atoms with E-state index in [1.165, 1.54) is 12.3 Å². The highest BCUT2D eigenvalue weighted by molar-refractivity contribution is 7.22. The average Bonchev–Trinajstić information content (AvgIpc) is 3.26. The number of morpholine rings is 1. The number of nitrogens with one attached hydrogen (secondary N) is 1. The zero-order chi connectivity index (χ0) is 22.5. The molecular formula is C25H25FN4O2S. The minimum atomic E-state index is -0.480. The molecule has 0 radical (unpaired) electrons. The van der Waals surface area contributed by atoms with Crippen LogP contribution in [0.2, 0.25) is 0 Å². The van der Waals surface area contributed by atoms with Gasteiger partial charge in [0.25, 0.3) is 0 Å². The lowest BCUT2D eigenvalue weighted by atomic mass is 10.1. The number of pyridine rings is 1. The standard InChI is InChI=1S/C25H25FN4O2S/c26-24-16-20(6-7-27-24)19-4-5-22-23(15-19)33-25(29-22)28-17-18-2-1-3-21(14-18)32-13-10-30-8-11-31-12-9-30/h1-7,14-16H,8-13,17H2,(H,28,29). The lowest BCUT2D eigenvalue weighted by Crippen LogP contribution is -2.38. The van der Waals surface area contributed by atoms with Gasteiger partial charge >= 0.3 is 0 Å². The van der Waals surface area contributed by atoms with Crippen LogP contribution in [0.1, 0.15) is 5.56 Å². The van der Waals surface area contributed by atoms with Gasteiger partial charge in [-0.05, 0) is 47.0 Å². The van der Waals surface area contributed by atoms with Crippen LogP contribution in [-0.4, -0.2) is 54.3 Å². The molecule has 0 atom stereocenters. The maximum absolute atomic E-state index is 13.5. The van der Waals surface area contributed by atoms with Crippen molar-refractivity contribution in [2.24, 2.45) is 0 Å². The van der Waals surface area contributed by atoms with Gasteiger partial charge in [0.2, 0.25) is 5.95 Å². The van der Waals surface area contributed by atoms with E-state index in [0.29, 0.717) is 13.2 Å². The van der Waals surface area contributed by atoms with Gasteiger partial charge in [0.15, 0.2) is 5.13 Å². The molecule has 3 heterocycles. The van der Waals surface area contributed by atoms with Gasteiger partial charge in [0.05, 0.1) is 23.4 Å². The Hall–Kier alpha value is -3.07. The Balaban J connectivity index is 1.19. The van der Waals surface area contributed by atoms with E-state index in [9.17, 15) is 4.39 Å². The van der Waals surface area contributed by atoms with Crippen molar-refractivity contribution < 1.29 is 13.9 Å². The first-order valence-corrected chi connectivity index (χ1v) is 11.8. The Morgan fingerprint density at radius 2 is 1.94 bits per heavy atom. The Morgan fingerprint density at radius 3 is 2.82 bits per heavy atom. The predicted octanol–water partition coefficient (Wildman–Crippen LogP) is 4.82. The summed E-state index contributed by atoms with van der Waals surface area (Å²) in [5.74, 6) is 0.396. The van der Waals surface area contributed by atoms with E-state index in [0.717, 1.165) is 70.6 Å². The van der Waals surface area contributed by atoms with Gasteiger partial charge in [0, 0.05) is 38.4 Å². The molecule has 1 saturated heterocycles. The molecule has 33 heavy (non-hydrogen) atoms. The number of benzene rings is 2. The highest BCUT2D eigenvalue weighted by Gasteiger charge is 2.10. The van der Waals surface area contributed by atoms with E-state index in [1.807, 2.05) is 30.3 Å². The first-order chi connectivity index (χ1) is 16.2. The second kappa shape index (κ2) is 10.2. The summed E-state index contributed by atoms with van der Waals surface area (Å²) >= 11 is 1.58. The molecule has 6 nitrogen and oxygen atoms in total. The normalized spacial score (nSPS) is 14.5. The summed E-state index contributed by atoms with van der Waals surface area (Å²) in [6, 6.07) is 17.4. The van der Waals surface area contributed by atoms with Gasteiger partial charge in [-0.2, -0.15) is 4.39 Å². The van der Waals surface area contributed by atoms with E-state index >= 15 is 0 Å². The van der Waals surface area contributed by atoms with Crippen molar-refractivity contribution in [3.05, 3.63) is 72.3 Å². The molecule has 1 aliphatic rings. The smallest absolute Gasteiger partial charge is 0.213 e. The van der Waals surface area contributed by atoms with E-state index in [-0.39, 0.29) is 0 Å². The first kappa shape index (κ1) is 21.8. The Kier molecular flexibility index (Phi) is 6.76. The molecule has 1 fully saturated rings. The molecule has 1 aliphatic heterocycles. The molecule has 0 amide bonds. The number of fused-ring (bicyclic) bond motifs is 1. The summed E-state index contributed by atoms with van der Waals surface area (Å²) in [5.41, 5.74) is 3.80. The molecule has 0 aliphatic carbocycles. The zero-order valence-corrected chi connectivity index (χ0v) is 19.0. The molecule has 8 heteroatoms. The van der Waals surface area contributed by atoms with Gasteiger partial charge in [-0.15, -0.1) is 0 Å². The summed E-state index contributed by atoms with van der Waals surface area (Å²) in [4.78, 5) is 10.7. The molecular weight excluding hydrogens is 439 g/mol. The lowest BCUT2D eigenvalue weighted by molar-refractivity contribution is 0.0322. The van der Waals surface area contributed by atoms with Gasteiger partial charge < -0.3 is 14.8 Å². The third kappa shape index (κ3) is 5.65. The Labute approximate surface area is 196 Å². The average molecular weight is 465 g/mol. The summed E-state index contributed by atoms with van der Waals surface area (Å²) < 4.78 is 25.9. The van der Waals surface area contributed by atoms with Gasteiger partial charge in [-0.25, -0.2) is 9.97 Å². The Bertz CT molecular complexity index is 1230. The fourth-order valence-corrected chi connectivity index (χ4v) is 4.70. The maximum atomic E-state index is 13.5. The maximum Gasteiger partial charge on any atom is 0.213 e. The number of aromatic nitrogens is 2. The SMILES string of the molecule is Fc1cc(-c2ccc3nc(NCc4cccc(OCCN5CCOCC5)c4)sc3c2)ccn1. The highest BCUT2D eigenvalue weighted by Crippen LogP contribution is 2.31. The fraction of sp³-hybridized carbons (Fsp3) is 0.280. The van der Waals surface area contributed by atoms with Gasteiger partial charge in [0.1, 0.15) is 12.4 Å². The van der Waals surface area contributed by atoms with Crippen LogP contribution in [0.15, 0.2) is 60.8 Å². The largest absolute Gasteiger partial charge is 0.492 e. The second-order valence-corrected chi connectivity index (χ2v) is 8.90. The lowest BCUT2D eigenvalue weighted by Gasteiger charge is -2.26. The molecule has 0 bridgehead atoms. The zero-order valence-electron chi connectivity index (χ0n) is 18.2. The van der Waals surface area contributed by atoms with Crippen molar-refractivity contribution in [2.45, 2.75) is 6.54 Å². The predicted molar refractivity (Wildman–Crippen MR) is 129 cm³/mol. The van der Waals surface area contributed by atoms with Crippen LogP contribution in [0.5, 0.6) is 5.75 Å². The molecule has 170 valence electrons. The number of rotatable bonds is 8. The van der Waals surface area contributed by atoms with Crippen LogP contribution in [0.25, 0.3) is 21.3 Å². The monoisotopic (exact) mass is 464 g/mol. The minimum absolute atomic E-state index is 0.480. The number of anilines is 1. The molecule has 0 spiro atoms. The third-order valence-electron chi connectivity index (χ3n) is 5.57. The number of halogens is 1. The van der Waals surface area contributed by atoms with Gasteiger partial charge in [-0.3, -0.25) is 4.90 Å². The molecule has 0 unspecified atom stereocenters. The molecule has 5 rings (SSSR count). The molecule has 1 N–H and O–H groups in total. The third-order valence-corrected chi connectivity index (χ3v) is 6.55. The van der Waals surface area contributed by atoms with Crippen LogP contribution in [0.3, 0.4) is 0 Å². The summed E-state index contributed by atoms with van der Waals surface area (Å²) in [6.07, 6.45) is 1.48. The number of nitrogens with zero attached hydrogens (tertiary/aromatic N) is 3. The van der Waals surface area contributed by atoms with Crippen LogP contribution in [-0.2, 0) is 11.3 Å². The fourth-order valence-electron chi connectivity index (χ4n) is 3.80. The van der Waals surface area contributed by atoms with Crippen molar-refractivity contribution in [1.82, 2.24) is 14.9 Å². The van der Waals surface area contributed by atoms with Gasteiger partial charge in [-0.1, -0.05) is 29.5 Å². The van der Waals surface area contributed by atoms with E-state index in [2.05, 4.69) is 32.3 Å². The van der Waals surface area contributed by atoms with E-state index in [4.69, 9.17) is 9.47 Å². The van der Waals surface area contributed by atoms with Crippen LogP contribution in [0.4, 0.5) is 9.52 Å². The molecule has 2 aromatic carbocycles. The summed E-state index contributed by atoms with van der Waals surface area (Å²) in [6.45, 7) is 5.77. The second-order valence-electron chi connectivity index (χ2n) is 7.87. The number of hydrogen-bond acceptors (Lipinski definition) is 7. The number of thiazole rings is 1. The Morgan fingerprint density at radius 1 is 1.06 bits per heavy atom. The van der Waals surface area contributed by atoms with Crippen molar-refractivity contribution in [3.8, 4) is 16.9 Å². The van der Waals surface area contributed by atoms with E-state index < -0.39 is 5.95 Å². The van der Waals surface area contributed by atoms with Crippen LogP contribution >= 0.6 is 11.3 Å². The molecule has 4 aromatic rings. The van der Waals surface area contributed by atoms with Crippen molar-refractivity contribution in [3.63, 3.8) is 0 Å². The topological polar surface area (TPSA) is 59.5 Å². The first-order valence-electron chi connectivity index (χ1n) is 11.0. The quantitative estimate of drug-likeness (QED) is 0.377. The number of hydrogen-bond donors (Lipinski definition) is 1. The highest BCUT2D eigenvalue weighted by atomic mass is 32.1. The summed E-state index contributed by atoms with van der Waals surface area (Å²) in [7, 11) is 0. The molecule has 0 saturated carbocycles. The summed E-state index contributed by atoms with van der Waals surface area (Å²) in [5, 5.41) is 4.26. The van der Waals surface area contributed by atoms with Crippen LogP contribution in [0, 0.1) is 5.95 Å². The minimum Gasteiger partial charge on any atom is -0.492 e.